The van der Waals surface area contributed by atoms with Crippen molar-refractivity contribution < 1.29 is 8.42 Å². The largest absolute Gasteiger partial charge is 0.264 e. The molecule has 0 saturated heterocycles. The van der Waals surface area contributed by atoms with Gasteiger partial charge in [-0.3, -0.25) is 4.31 Å². The summed E-state index contributed by atoms with van der Waals surface area (Å²) in [5.41, 5.74) is 2.59. The minimum absolute atomic E-state index is 0.264. The lowest BCUT2D eigenvalue weighted by Gasteiger charge is -2.33. The van der Waals surface area contributed by atoms with Gasteiger partial charge in [0, 0.05) is 6.54 Å². The van der Waals surface area contributed by atoms with E-state index in [2.05, 4.69) is 11.9 Å². The highest BCUT2D eigenvalue weighted by Gasteiger charge is 2.32. The summed E-state index contributed by atoms with van der Waals surface area (Å²) in [6.07, 6.45) is 2.32. The molecule has 0 bridgehead atoms. The van der Waals surface area contributed by atoms with Gasteiger partial charge < -0.3 is 0 Å². The number of rotatable bonds is 2. The molecule has 0 fully saturated rings. The van der Waals surface area contributed by atoms with Gasteiger partial charge in [-0.05, 0) is 43.0 Å². The van der Waals surface area contributed by atoms with E-state index in [9.17, 15) is 8.42 Å². The van der Waals surface area contributed by atoms with E-state index >= 15 is 0 Å². The summed E-state index contributed by atoms with van der Waals surface area (Å²) in [5, 5.41) is 0.389. The zero-order chi connectivity index (χ0) is 15.9. The summed E-state index contributed by atoms with van der Waals surface area (Å²) in [6, 6.07) is 8.66. The second-order valence-electron chi connectivity index (χ2n) is 5.65. The predicted molar refractivity (Wildman–Crippen MR) is 88.0 cm³/mol. The molecule has 2 aromatic rings. The Morgan fingerprint density at radius 1 is 1.27 bits per heavy atom. The number of pyridine rings is 1. The van der Waals surface area contributed by atoms with Gasteiger partial charge in [0.15, 0.2) is 0 Å². The van der Waals surface area contributed by atoms with Gasteiger partial charge in [0.05, 0.1) is 16.8 Å². The van der Waals surface area contributed by atoms with Crippen molar-refractivity contribution in [3.8, 4) is 0 Å². The average molecular weight is 337 g/mol. The van der Waals surface area contributed by atoms with Crippen LogP contribution in [-0.4, -0.2) is 19.9 Å². The smallest absolute Gasteiger partial charge is 0.264 e. The van der Waals surface area contributed by atoms with Crippen LogP contribution in [0.2, 0.25) is 5.15 Å². The van der Waals surface area contributed by atoms with Crippen LogP contribution in [-0.2, 0) is 10.0 Å². The monoisotopic (exact) mass is 336 g/mol. The van der Waals surface area contributed by atoms with Crippen molar-refractivity contribution in [1.29, 1.82) is 0 Å². The number of fused-ring (bicyclic) bond motifs is 1. The van der Waals surface area contributed by atoms with Crippen molar-refractivity contribution in [1.82, 2.24) is 4.98 Å². The molecule has 4 nitrogen and oxygen atoms in total. The van der Waals surface area contributed by atoms with Gasteiger partial charge in [-0.25, -0.2) is 13.4 Å². The van der Waals surface area contributed by atoms with Crippen molar-refractivity contribution in [3.05, 3.63) is 52.8 Å². The Morgan fingerprint density at radius 3 is 2.64 bits per heavy atom. The first-order valence-electron chi connectivity index (χ1n) is 7.14. The molecule has 0 spiro atoms. The normalized spacial score (nSPS) is 18.1. The van der Waals surface area contributed by atoms with Gasteiger partial charge in [-0.15, -0.1) is 0 Å². The highest BCUT2D eigenvalue weighted by Crippen LogP contribution is 2.38. The lowest BCUT2D eigenvalue weighted by molar-refractivity contribution is 0.578. The highest BCUT2D eigenvalue weighted by molar-refractivity contribution is 7.92. The summed E-state index contributed by atoms with van der Waals surface area (Å²) in [6.45, 7) is 4.46. The lowest BCUT2D eigenvalue weighted by Crippen LogP contribution is -2.36. The molecule has 0 radical (unpaired) electrons. The van der Waals surface area contributed by atoms with Gasteiger partial charge in [-0.1, -0.05) is 36.2 Å². The van der Waals surface area contributed by atoms with Crippen molar-refractivity contribution in [2.24, 2.45) is 0 Å². The summed E-state index contributed by atoms with van der Waals surface area (Å²) < 4.78 is 27.3. The summed E-state index contributed by atoms with van der Waals surface area (Å²) in [4.78, 5) is 4.36. The molecule has 22 heavy (non-hydrogen) atoms. The molecule has 0 amide bonds. The number of benzene rings is 1. The van der Waals surface area contributed by atoms with Gasteiger partial charge in [0.25, 0.3) is 10.0 Å². The standard InChI is InChI=1S/C16H17ClN2O2S/c1-11-3-5-13(6-4-11)22(20,21)19-8-7-12(2)14-9-16(17)18-10-15(14)19/h3-6,9-10,12H,7-8H2,1-2H3. The second kappa shape index (κ2) is 5.56. The number of aromatic nitrogens is 1. The number of aryl methyl sites for hydroxylation is 1. The van der Waals surface area contributed by atoms with Crippen LogP contribution < -0.4 is 4.31 Å². The van der Waals surface area contributed by atoms with E-state index in [-0.39, 0.29) is 5.92 Å². The minimum Gasteiger partial charge on any atom is -0.264 e. The molecule has 1 atom stereocenters. The number of hydrogen-bond acceptors (Lipinski definition) is 3. The maximum absolute atomic E-state index is 12.9. The Balaban J connectivity index is 2.09. The van der Waals surface area contributed by atoms with Crippen LogP contribution in [0, 0.1) is 6.92 Å². The minimum atomic E-state index is -3.58. The molecule has 0 saturated carbocycles. The number of nitrogens with zero attached hydrogens (tertiary/aromatic N) is 2. The number of anilines is 1. The molecule has 2 heterocycles. The number of halogens is 1. The van der Waals surface area contributed by atoms with Crippen LogP contribution in [0.3, 0.4) is 0 Å². The Kier molecular flexibility index (Phi) is 3.87. The first-order chi connectivity index (χ1) is 10.4. The third kappa shape index (κ3) is 2.59. The molecule has 1 aliphatic heterocycles. The van der Waals surface area contributed by atoms with Crippen LogP contribution in [0.15, 0.2) is 41.4 Å². The van der Waals surface area contributed by atoms with Gasteiger partial charge in [-0.2, -0.15) is 0 Å². The first kappa shape index (κ1) is 15.3. The topological polar surface area (TPSA) is 50.3 Å². The van der Waals surface area contributed by atoms with Crippen molar-refractivity contribution in [3.63, 3.8) is 0 Å². The molecule has 1 unspecified atom stereocenters. The Bertz CT molecular complexity index is 803. The van der Waals surface area contributed by atoms with E-state index in [4.69, 9.17) is 11.6 Å². The lowest BCUT2D eigenvalue weighted by atomic mass is 9.94. The Labute approximate surface area is 135 Å². The molecular formula is C16H17ClN2O2S. The second-order valence-corrected chi connectivity index (χ2v) is 7.90. The van der Waals surface area contributed by atoms with E-state index in [0.29, 0.717) is 22.3 Å². The zero-order valence-electron chi connectivity index (χ0n) is 12.5. The van der Waals surface area contributed by atoms with Gasteiger partial charge in [0.1, 0.15) is 5.15 Å². The number of sulfonamides is 1. The van der Waals surface area contributed by atoms with Gasteiger partial charge >= 0.3 is 0 Å². The molecule has 1 aromatic heterocycles. The van der Waals surface area contributed by atoms with Crippen LogP contribution >= 0.6 is 11.6 Å². The van der Waals surface area contributed by atoms with Crippen molar-refractivity contribution in [2.45, 2.75) is 31.1 Å². The first-order valence-corrected chi connectivity index (χ1v) is 8.96. The number of hydrogen-bond donors (Lipinski definition) is 0. The molecule has 1 aromatic carbocycles. The average Bonchev–Trinajstić information content (AvgIpc) is 2.48. The summed E-state index contributed by atoms with van der Waals surface area (Å²) in [5.74, 6) is 0.264. The van der Waals surface area contributed by atoms with E-state index in [1.54, 1.807) is 36.5 Å². The third-order valence-electron chi connectivity index (χ3n) is 4.05. The zero-order valence-corrected chi connectivity index (χ0v) is 14.0. The molecule has 6 heteroatoms. The molecule has 0 N–H and O–H groups in total. The van der Waals surface area contributed by atoms with Crippen LogP contribution in [0.4, 0.5) is 5.69 Å². The van der Waals surface area contributed by atoms with E-state index in [1.807, 2.05) is 6.92 Å². The fraction of sp³-hybridized carbons (Fsp3) is 0.312. The van der Waals surface area contributed by atoms with Crippen molar-refractivity contribution >= 4 is 27.3 Å². The van der Waals surface area contributed by atoms with Crippen LogP contribution in [0.5, 0.6) is 0 Å². The third-order valence-corrected chi connectivity index (χ3v) is 6.09. The summed E-state index contributed by atoms with van der Waals surface area (Å²) in [7, 11) is -3.58. The molecule has 3 rings (SSSR count). The maximum atomic E-state index is 12.9. The van der Waals surface area contributed by atoms with E-state index in [1.165, 1.54) is 4.31 Å². The fourth-order valence-corrected chi connectivity index (χ4v) is 4.37. The fourth-order valence-electron chi connectivity index (χ4n) is 2.71. The maximum Gasteiger partial charge on any atom is 0.264 e. The van der Waals surface area contributed by atoms with Gasteiger partial charge in [0.2, 0.25) is 0 Å². The summed E-state index contributed by atoms with van der Waals surface area (Å²) >= 11 is 5.96. The molecule has 116 valence electrons. The van der Waals surface area contributed by atoms with E-state index < -0.39 is 10.0 Å². The Morgan fingerprint density at radius 2 is 1.95 bits per heavy atom. The van der Waals surface area contributed by atoms with Crippen molar-refractivity contribution in [2.75, 3.05) is 10.8 Å². The van der Waals surface area contributed by atoms with Crippen LogP contribution in [0.1, 0.15) is 30.4 Å². The van der Waals surface area contributed by atoms with E-state index in [0.717, 1.165) is 17.5 Å². The quantitative estimate of drug-likeness (QED) is 0.785. The SMILES string of the molecule is Cc1ccc(S(=O)(=O)N2CCC(C)c3cc(Cl)ncc32)cc1. The van der Waals surface area contributed by atoms with Crippen LogP contribution in [0.25, 0.3) is 0 Å². The molecule has 1 aliphatic rings. The molecule has 0 aliphatic carbocycles. The molecular weight excluding hydrogens is 320 g/mol. The predicted octanol–water partition coefficient (Wildman–Crippen LogP) is 3.75. The Hall–Kier alpha value is -1.59. The highest BCUT2D eigenvalue weighted by atomic mass is 35.5.